The Balaban J connectivity index is 2.51. The molecule has 2 aromatic rings. The highest BCUT2D eigenvalue weighted by molar-refractivity contribution is 7.89. The molecule has 5 nitrogen and oxygen atoms in total. The zero-order valence-corrected chi connectivity index (χ0v) is 16.4. The minimum Gasteiger partial charge on any atom is -0.465 e. The van der Waals surface area contributed by atoms with E-state index < -0.39 is 22.0 Å². The van der Waals surface area contributed by atoms with Crippen molar-refractivity contribution in [2.24, 2.45) is 0 Å². The molecule has 2 rings (SSSR count). The average Bonchev–Trinajstić information content (AvgIpc) is 2.62. The van der Waals surface area contributed by atoms with E-state index in [-0.39, 0.29) is 18.0 Å². The fourth-order valence-electron chi connectivity index (χ4n) is 2.69. The van der Waals surface area contributed by atoms with E-state index in [2.05, 4.69) is 0 Å². The van der Waals surface area contributed by atoms with Crippen molar-refractivity contribution < 1.29 is 17.9 Å². The van der Waals surface area contributed by atoms with Crippen molar-refractivity contribution in [3.05, 3.63) is 65.2 Å². The third kappa shape index (κ3) is 4.51. The van der Waals surface area contributed by atoms with Gasteiger partial charge in [0.05, 0.1) is 11.5 Å². The maximum Gasteiger partial charge on any atom is 0.324 e. The molecule has 140 valence electrons. The van der Waals surface area contributed by atoms with Gasteiger partial charge in [0, 0.05) is 6.54 Å². The SMILES string of the molecule is CCOC(=O)C(C)N(Cc1ccccc1)S(=O)(=O)c1cc(C)ccc1C. The smallest absolute Gasteiger partial charge is 0.324 e. The summed E-state index contributed by atoms with van der Waals surface area (Å²) in [5.41, 5.74) is 2.29. The fourth-order valence-corrected chi connectivity index (χ4v) is 4.57. The van der Waals surface area contributed by atoms with Crippen molar-refractivity contribution in [2.75, 3.05) is 6.61 Å². The Hall–Kier alpha value is -2.18. The van der Waals surface area contributed by atoms with Crippen molar-refractivity contribution in [2.45, 2.75) is 45.2 Å². The van der Waals surface area contributed by atoms with Crippen LogP contribution in [0, 0.1) is 13.8 Å². The van der Waals surface area contributed by atoms with E-state index in [0.717, 1.165) is 11.1 Å². The first-order chi connectivity index (χ1) is 12.3. The summed E-state index contributed by atoms with van der Waals surface area (Å²) in [6.45, 7) is 7.15. The summed E-state index contributed by atoms with van der Waals surface area (Å²) in [7, 11) is -3.88. The Morgan fingerprint density at radius 2 is 1.77 bits per heavy atom. The monoisotopic (exact) mass is 375 g/mol. The van der Waals surface area contributed by atoms with Crippen molar-refractivity contribution >= 4 is 16.0 Å². The van der Waals surface area contributed by atoms with E-state index in [1.54, 1.807) is 32.9 Å². The molecule has 1 atom stereocenters. The number of esters is 1. The summed E-state index contributed by atoms with van der Waals surface area (Å²) < 4.78 is 33.0. The average molecular weight is 375 g/mol. The topological polar surface area (TPSA) is 63.7 Å². The van der Waals surface area contributed by atoms with E-state index in [1.165, 1.54) is 4.31 Å². The number of sulfonamides is 1. The van der Waals surface area contributed by atoms with Gasteiger partial charge >= 0.3 is 5.97 Å². The maximum atomic E-state index is 13.4. The van der Waals surface area contributed by atoms with Crippen LogP contribution in [0.15, 0.2) is 53.4 Å². The second-order valence-corrected chi connectivity index (χ2v) is 8.09. The highest BCUT2D eigenvalue weighted by atomic mass is 32.2. The molecule has 0 aliphatic carbocycles. The van der Waals surface area contributed by atoms with Gasteiger partial charge in [-0.3, -0.25) is 4.79 Å². The fraction of sp³-hybridized carbons (Fsp3) is 0.350. The summed E-state index contributed by atoms with van der Waals surface area (Å²) in [5, 5.41) is 0. The molecule has 0 spiro atoms. The number of hydrogen-bond donors (Lipinski definition) is 0. The molecule has 0 aliphatic heterocycles. The number of carbonyl (C=O) groups excluding carboxylic acids is 1. The van der Waals surface area contributed by atoms with Crippen LogP contribution in [-0.2, 0) is 26.1 Å². The van der Waals surface area contributed by atoms with Gasteiger partial charge in [0.2, 0.25) is 10.0 Å². The number of nitrogens with zero attached hydrogens (tertiary/aromatic N) is 1. The summed E-state index contributed by atoms with van der Waals surface area (Å²) >= 11 is 0. The van der Waals surface area contributed by atoms with Gasteiger partial charge in [-0.05, 0) is 50.5 Å². The number of aryl methyl sites for hydroxylation is 2. The van der Waals surface area contributed by atoms with Crippen LogP contribution in [0.25, 0.3) is 0 Å². The number of rotatable bonds is 7. The van der Waals surface area contributed by atoms with Gasteiger partial charge in [0.15, 0.2) is 0 Å². The largest absolute Gasteiger partial charge is 0.465 e. The molecule has 0 amide bonds. The summed E-state index contributed by atoms with van der Waals surface area (Å²) in [4.78, 5) is 12.5. The molecule has 0 heterocycles. The summed E-state index contributed by atoms with van der Waals surface area (Å²) in [5.74, 6) is -0.558. The van der Waals surface area contributed by atoms with Gasteiger partial charge in [-0.25, -0.2) is 8.42 Å². The van der Waals surface area contributed by atoms with Gasteiger partial charge in [-0.15, -0.1) is 0 Å². The Labute approximate surface area is 155 Å². The predicted molar refractivity (Wildman–Crippen MR) is 101 cm³/mol. The quantitative estimate of drug-likeness (QED) is 0.696. The predicted octanol–water partition coefficient (Wildman–Crippen LogP) is 3.45. The van der Waals surface area contributed by atoms with E-state index in [4.69, 9.17) is 4.74 Å². The molecular weight excluding hydrogens is 350 g/mol. The Morgan fingerprint density at radius 3 is 2.38 bits per heavy atom. The van der Waals surface area contributed by atoms with Crippen molar-refractivity contribution in [3.8, 4) is 0 Å². The summed E-state index contributed by atoms with van der Waals surface area (Å²) in [6.07, 6.45) is 0. The standard InChI is InChI=1S/C20H25NO4S/c1-5-25-20(22)17(4)21(14-18-9-7-6-8-10-18)26(23,24)19-13-15(2)11-12-16(19)3/h6-13,17H,5,14H2,1-4H3. The van der Waals surface area contributed by atoms with Crippen molar-refractivity contribution in [1.82, 2.24) is 4.31 Å². The lowest BCUT2D eigenvalue weighted by Gasteiger charge is -2.28. The van der Waals surface area contributed by atoms with Gasteiger partial charge in [-0.1, -0.05) is 42.5 Å². The molecule has 2 aromatic carbocycles. The maximum absolute atomic E-state index is 13.4. The molecule has 0 aliphatic rings. The van der Waals surface area contributed by atoms with Crippen molar-refractivity contribution in [1.29, 1.82) is 0 Å². The van der Waals surface area contributed by atoms with Crippen LogP contribution in [-0.4, -0.2) is 31.3 Å². The first kappa shape index (κ1) is 20.1. The normalized spacial score (nSPS) is 12.8. The van der Waals surface area contributed by atoms with Gasteiger partial charge in [-0.2, -0.15) is 4.31 Å². The van der Waals surface area contributed by atoms with Crippen LogP contribution in [0.5, 0.6) is 0 Å². The van der Waals surface area contributed by atoms with Crippen LogP contribution in [0.1, 0.15) is 30.5 Å². The second kappa shape index (κ2) is 8.47. The lowest BCUT2D eigenvalue weighted by molar-refractivity contribution is -0.147. The van der Waals surface area contributed by atoms with E-state index in [0.29, 0.717) is 5.56 Å². The number of benzene rings is 2. The third-order valence-electron chi connectivity index (χ3n) is 4.17. The van der Waals surface area contributed by atoms with Gasteiger partial charge < -0.3 is 4.74 Å². The zero-order chi connectivity index (χ0) is 19.3. The molecule has 1 unspecified atom stereocenters. The molecule has 6 heteroatoms. The molecule has 26 heavy (non-hydrogen) atoms. The zero-order valence-electron chi connectivity index (χ0n) is 15.6. The molecular formula is C20H25NO4S. The number of carbonyl (C=O) groups is 1. The van der Waals surface area contributed by atoms with Crippen molar-refractivity contribution in [3.63, 3.8) is 0 Å². The Morgan fingerprint density at radius 1 is 1.12 bits per heavy atom. The first-order valence-electron chi connectivity index (χ1n) is 8.57. The van der Waals surface area contributed by atoms with Crippen LogP contribution in [0.2, 0.25) is 0 Å². The molecule has 0 N–H and O–H groups in total. The lowest BCUT2D eigenvalue weighted by Crippen LogP contribution is -2.43. The van der Waals surface area contributed by atoms with Crippen LogP contribution in [0.4, 0.5) is 0 Å². The molecule has 0 saturated heterocycles. The van der Waals surface area contributed by atoms with E-state index in [1.807, 2.05) is 43.3 Å². The molecule has 0 saturated carbocycles. The van der Waals surface area contributed by atoms with Crippen LogP contribution < -0.4 is 0 Å². The second-order valence-electron chi connectivity index (χ2n) is 6.23. The third-order valence-corrected chi connectivity index (χ3v) is 6.23. The highest BCUT2D eigenvalue weighted by Crippen LogP contribution is 2.25. The van der Waals surface area contributed by atoms with Gasteiger partial charge in [0.1, 0.15) is 6.04 Å². The minimum atomic E-state index is -3.88. The Bertz CT molecular complexity index is 863. The van der Waals surface area contributed by atoms with Crippen LogP contribution in [0.3, 0.4) is 0 Å². The van der Waals surface area contributed by atoms with E-state index in [9.17, 15) is 13.2 Å². The molecule has 0 radical (unpaired) electrons. The number of ether oxygens (including phenoxy) is 1. The number of hydrogen-bond acceptors (Lipinski definition) is 4. The molecule has 0 fully saturated rings. The Kier molecular flexibility index (Phi) is 6.56. The van der Waals surface area contributed by atoms with Gasteiger partial charge in [0.25, 0.3) is 0 Å². The van der Waals surface area contributed by atoms with E-state index >= 15 is 0 Å². The van der Waals surface area contributed by atoms with Crippen LogP contribution >= 0.6 is 0 Å². The highest BCUT2D eigenvalue weighted by Gasteiger charge is 2.34. The molecule has 0 aromatic heterocycles. The first-order valence-corrected chi connectivity index (χ1v) is 10.0. The minimum absolute atomic E-state index is 0.0938. The lowest BCUT2D eigenvalue weighted by atomic mass is 10.2. The summed E-state index contributed by atoms with van der Waals surface area (Å²) in [6, 6.07) is 13.6. The molecule has 0 bridgehead atoms.